The van der Waals surface area contributed by atoms with Crippen molar-refractivity contribution in [3.63, 3.8) is 0 Å². The molecular weight excluding hydrogens is 380 g/mol. The molecule has 30 heavy (non-hydrogen) atoms. The van der Waals surface area contributed by atoms with E-state index >= 15 is 0 Å². The number of aryl methyl sites for hydroxylation is 1. The van der Waals surface area contributed by atoms with Gasteiger partial charge in [-0.2, -0.15) is 0 Å². The van der Waals surface area contributed by atoms with Gasteiger partial charge in [-0.15, -0.1) is 0 Å². The number of ether oxygens (including phenoxy) is 1. The molecule has 0 saturated carbocycles. The van der Waals surface area contributed by atoms with Crippen LogP contribution in [0.5, 0.6) is 5.88 Å². The van der Waals surface area contributed by atoms with Crippen LogP contribution in [0.4, 0.5) is 11.4 Å². The Morgan fingerprint density at radius 3 is 2.73 bits per heavy atom. The highest BCUT2D eigenvalue weighted by atomic mass is 16.5. The Kier molecular flexibility index (Phi) is 6.66. The predicted molar refractivity (Wildman–Crippen MR) is 118 cm³/mol. The summed E-state index contributed by atoms with van der Waals surface area (Å²) in [7, 11) is 0. The average Bonchev–Trinajstić information content (AvgIpc) is 3.12. The highest BCUT2D eigenvalue weighted by molar-refractivity contribution is 6.03. The van der Waals surface area contributed by atoms with Crippen molar-refractivity contribution in [2.45, 2.75) is 47.2 Å². The maximum atomic E-state index is 8.31. The number of pyridine rings is 2. The van der Waals surface area contributed by atoms with Crippen LogP contribution in [0.15, 0.2) is 35.1 Å². The molecular formula is C22H28N6O2. The van der Waals surface area contributed by atoms with Crippen molar-refractivity contribution in [3.05, 3.63) is 47.9 Å². The van der Waals surface area contributed by atoms with Crippen molar-refractivity contribution < 1.29 is 9.15 Å². The normalized spacial score (nSPS) is 10.9. The molecule has 3 rings (SSSR count). The summed E-state index contributed by atoms with van der Waals surface area (Å²) >= 11 is 0. The van der Waals surface area contributed by atoms with Crippen LogP contribution in [0, 0.1) is 12.3 Å². The maximum absolute atomic E-state index is 8.31. The Balaban J connectivity index is 2.10. The highest BCUT2D eigenvalue weighted by Crippen LogP contribution is 2.34. The van der Waals surface area contributed by atoms with E-state index in [4.69, 9.17) is 19.5 Å². The van der Waals surface area contributed by atoms with Crippen LogP contribution in [-0.4, -0.2) is 33.3 Å². The van der Waals surface area contributed by atoms with Gasteiger partial charge in [0.2, 0.25) is 5.88 Å². The van der Waals surface area contributed by atoms with Crippen molar-refractivity contribution in [2.75, 3.05) is 17.2 Å². The lowest BCUT2D eigenvalue weighted by molar-refractivity contribution is 0.328. The first kappa shape index (κ1) is 21.3. The molecule has 0 atom stereocenters. The molecule has 0 aromatic carbocycles. The number of hydrogen-bond acceptors (Lipinski definition) is 8. The number of rotatable bonds is 9. The van der Waals surface area contributed by atoms with Gasteiger partial charge in [-0.05, 0) is 45.9 Å². The lowest BCUT2D eigenvalue weighted by Gasteiger charge is -2.20. The summed E-state index contributed by atoms with van der Waals surface area (Å²) < 4.78 is 11.0. The number of nitrogens with zero attached hydrogens (tertiary/aromatic N) is 3. The molecule has 0 saturated heterocycles. The van der Waals surface area contributed by atoms with E-state index in [1.54, 1.807) is 19.4 Å². The first-order chi connectivity index (χ1) is 14.4. The largest absolute Gasteiger partial charge is 0.477 e. The van der Waals surface area contributed by atoms with Crippen LogP contribution in [-0.2, 0) is 6.54 Å². The van der Waals surface area contributed by atoms with Crippen molar-refractivity contribution in [3.8, 4) is 17.1 Å². The molecule has 3 heterocycles. The fourth-order valence-corrected chi connectivity index (χ4v) is 3.04. The third-order valence-electron chi connectivity index (χ3n) is 4.26. The lowest BCUT2D eigenvalue weighted by atomic mass is 10.1. The summed E-state index contributed by atoms with van der Waals surface area (Å²) in [6.07, 6.45) is 3.33. The Hall–Kier alpha value is -3.42. The van der Waals surface area contributed by atoms with Gasteiger partial charge in [-0.3, -0.25) is 0 Å². The first-order valence-corrected chi connectivity index (χ1v) is 9.99. The van der Waals surface area contributed by atoms with Gasteiger partial charge in [-0.1, -0.05) is 0 Å². The minimum absolute atomic E-state index is 0.169. The van der Waals surface area contributed by atoms with E-state index in [-0.39, 0.29) is 6.04 Å². The van der Waals surface area contributed by atoms with E-state index in [0.29, 0.717) is 42.0 Å². The van der Waals surface area contributed by atoms with Gasteiger partial charge >= 0.3 is 0 Å². The Morgan fingerprint density at radius 1 is 1.30 bits per heavy atom. The van der Waals surface area contributed by atoms with Crippen molar-refractivity contribution in [1.29, 1.82) is 5.41 Å². The van der Waals surface area contributed by atoms with Crippen LogP contribution in [0.1, 0.15) is 45.0 Å². The predicted octanol–water partition coefficient (Wildman–Crippen LogP) is 4.66. The van der Waals surface area contributed by atoms with Crippen molar-refractivity contribution >= 4 is 17.1 Å². The van der Waals surface area contributed by atoms with E-state index in [1.807, 2.05) is 32.0 Å². The summed E-state index contributed by atoms with van der Waals surface area (Å²) in [5.41, 5.74) is 4.80. The molecule has 3 aromatic rings. The van der Waals surface area contributed by atoms with E-state index in [0.717, 1.165) is 22.6 Å². The van der Waals surface area contributed by atoms with Gasteiger partial charge in [0.1, 0.15) is 12.0 Å². The second kappa shape index (κ2) is 9.39. The number of oxazole rings is 1. The zero-order valence-electron chi connectivity index (χ0n) is 18.0. The molecule has 0 bridgehead atoms. The number of anilines is 2. The van der Waals surface area contributed by atoms with Crippen molar-refractivity contribution in [2.24, 2.45) is 0 Å². The van der Waals surface area contributed by atoms with Gasteiger partial charge in [0.15, 0.2) is 5.89 Å². The molecule has 158 valence electrons. The molecule has 0 radical (unpaired) electrons. The number of hydrogen-bond donors (Lipinski definition) is 3. The highest BCUT2D eigenvalue weighted by Gasteiger charge is 2.18. The van der Waals surface area contributed by atoms with Gasteiger partial charge in [0.25, 0.3) is 0 Å². The van der Waals surface area contributed by atoms with Crippen LogP contribution in [0.25, 0.3) is 11.3 Å². The molecule has 0 fully saturated rings. The van der Waals surface area contributed by atoms with E-state index in [2.05, 4.69) is 34.4 Å². The molecule has 0 aliphatic rings. The quantitative estimate of drug-likeness (QED) is 0.442. The second-order valence-corrected chi connectivity index (χ2v) is 7.20. The Bertz CT molecular complexity index is 1030. The topological polar surface area (TPSA) is 109 Å². The first-order valence-electron chi connectivity index (χ1n) is 9.99. The molecule has 0 spiro atoms. The number of nitrogens with one attached hydrogen (secondary N) is 3. The monoisotopic (exact) mass is 408 g/mol. The van der Waals surface area contributed by atoms with Crippen LogP contribution < -0.4 is 15.4 Å². The van der Waals surface area contributed by atoms with Gasteiger partial charge in [0, 0.05) is 19.2 Å². The van der Waals surface area contributed by atoms with Crippen LogP contribution in [0.2, 0.25) is 0 Å². The molecule has 0 unspecified atom stereocenters. The third kappa shape index (κ3) is 4.94. The Morgan fingerprint density at radius 2 is 2.10 bits per heavy atom. The zero-order valence-corrected chi connectivity index (χ0v) is 18.0. The SMILES string of the molecule is CCOc1ncccc1-c1cc(NCc2coc(C)n2)c(NC(C)C)c(C(C)=N)n1. The molecule has 8 nitrogen and oxygen atoms in total. The summed E-state index contributed by atoms with van der Waals surface area (Å²) in [5.74, 6) is 1.14. The fraction of sp³-hybridized carbons (Fsp3) is 0.364. The summed E-state index contributed by atoms with van der Waals surface area (Å²) in [6.45, 7) is 10.6. The van der Waals surface area contributed by atoms with E-state index < -0.39 is 0 Å². The lowest BCUT2D eigenvalue weighted by Crippen LogP contribution is -2.17. The minimum Gasteiger partial charge on any atom is -0.477 e. The molecule has 0 aliphatic heterocycles. The molecule has 0 amide bonds. The Labute approximate surface area is 176 Å². The zero-order chi connectivity index (χ0) is 21.7. The van der Waals surface area contributed by atoms with Crippen LogP contribution in [0.3, 0.4) is 0 Å². The summed E-state index contributed by atoms with van der Waals surface area (Å²) in [6, 6.07) is 5.89. The van der Waals surface area contributed by atoms with E-state index in [9.17, 15) is 0 Å². The number of aromatic nitrogens is 3. The summed E-state index contributed by atoms with van der Waals surface area (Å²) in [4.78, 5) is 13.5. The maximum Gasteiger partial charge on any atom is 0.222 e. The minimum atomic E-state index is 0.169. The van der Waals surface area contributed by atoms with Crippen molar-refractivity contribution in [1.82, 2.24) is 15.0 Å². The average molecular weight is 409 g/mol. The van der Waals surface area contributed by atoms with Gasteiger partial charge in [-0.25, -0.2) is 15.0 Å². The fourth-order valence-electron chi connectivity index (χ4n) is 3.04. The van der Waals surface area contributed by atoms with Gasteiger partial charge < -0.3 is 25.2 Å². The molecule has 3 aromatic heterocycles. The summed E-state index contributed by atoms with van der Waals surface area (Å²) in [5, 5.41) is 15.2. The third-order valence-corrected chi connectivity index (χ3v) is 4.26. The smallest absolute Gasteiger partial charge is 0.222 e. The van der Waals surface area contributed by atoms with Crippen LogP contribution >= 0.6 is 0 Å². The molecule has 0 aliphatic carbocycles. The second-order valence-electron chi connectivity index (χ2n) is 7.20. The molecule has 3 N–H and O–H groups in total. The molecule has 8 heteroatoms. The standard InChI is InChI=1S/C22H28N6O2/c1-6-29-22-17(8-7-9-24-22)18-10-19(25-11-16-12-30-15(5)27-16)21(26-13(2)3)20(28-18)14(4)23/h7-10,12-13,23,26H,6,11H2,1-5H3,(H,25,28). The van der Waals surface area contributed by atoms with E-state index in [1.165, 1.54) is 0 Å². The van der Waals surface area contributed by atoms with Gasteiger partial charge in [0.05, 0.1) is 47.2 Å².